The van der Waals surface area contributed by atoms with Crippen LogP contribution in [0.3, 0.4) is 0 Å². The number of amides is 1. The molecule has 3 aromatic rings. The zero-order chi connectivity index (χ0) is 19.1. The van der Waals surface area contributed by atoms with Gasteiger partial charge in [-0.2, -0.15) is 0 Å². The third kappa shape index (κ3) is 3.17. The van der Waals surface area contributed by atoms with E-state index in [-0.39, 0.29) is 5.91 Å². The number of anilines is 1. The Balaban J connectivity index is 1.87. The topological polar surface area (TPSA) is 46.3 Å². The minimum atomic E-state index is -0.00498. The molecular formula is C22H19ClN2O2. The number of hydrogen-bond donors (Lipinski definition) is 0. The summed E-state index contributed by atoms with van der Waals surface area (Å²) < 4.78 is 5.31. The largest absolute Gasteiger partial charge is 0.361 e. The van der Waals surface area contributed by atoms with E-state index in [4.69, 9.17) is 16.1 Å². The summed E-state index contributed by atoms with van der Waals surface area (Å²) in [7, 11) is 0. The summed E-state index contributed by atoms with van der Waals surface area (Å²) in [6.45, 7) is 5.94. The average Bonchev–Trinajstić information content (AvgIpc) is 2.95. The number of carbonyl (C=O) groups excluding carboxylic acids is 1. The van der Waals surface area contributed by atoms with Gasteiger partial charge >= 0.3 is 0 Å². The second-order valence-electron chi connectivity index (χ2n) is 6.75. The van der Waals surface area contributed by atoms with Gasteiger partial charge in [-0.1, -0.05) is 41.0 Å². The fourth-order valence-corrected chi connectivity index (χ4v) is 3.75. The van der Waals surface area contributed by atoms with Gasteiger partial charge in [-0.25, -0.2) is 0 Å². The number of carbonyl (C=O) groups is 1. The van der Waals surface area contributed by atoms with E-state index in [0.29, 0.717) is 11.6 Å². The van der Waals surface area contributed by atoms with Gasteiger partial charge < -0.3 is 9.42 Å². The maximum Gasteiger partial charge on any atom is 0.224 e. The molecule has 27 heavy (non-hydrogen) atoms. The van der Waals surface area contributed by atoms with Crippen molar-refractivity contribution in [3.05, 3.63) is 69.6 Å². The number of aromatic nitrogens is 1. The molecule has 0 bridgehead atoms. The lowest BCUT2D eigenvalue weighted by Gasteiger charge is -2.26. The van der Waals surface area contributed by atoms with Crippen LogP contribution in [-0.2, 0) is 11.3 Å². The maximum absolute atomic E-state index is 12.3. The number of nitrogens with zero attached hydrogens (tertiary/aromatic N) is 2. The molecule has 0 fully saturated rings. The van der Waals surface area contributed by atoms with Crippen LogP contribution in [0, 0.1) is 13.8 Å². The van der Waals surface area contributed by atoms with E-state index < -0.39 is 0 Å². The van der Waals surface area contributed by atoms with Crippen molar-refractivity contribution in [1.82, 2.24) is 5.16 Å². The Labute approximate surface area is 163 Å². The fraction of sp³-hybridized carbons (Fsp3) is 0.182. The van der Waals surface area contributed by atoms with Crippen molar-refractivity contribution in [2.45, 2.75) is 27.3 Å². The van der Waals surface area contributed by atoms with Gasteiger partial charge in [0.2, 0.25) is 5.91 Å². The number of aryl methyl sites for hydroxylation is 2. The lowest BCUT2D eigenvalue weighted by Crippen LogP contribution is -2.29. The summed E-state index contributed by atoms with van der Waals surface area (Å²) in [6, 6.07) is 11.8. The molecule has 1 amide bonds. The van der Waals surface area contributed by atoms with E-state index in [0.717, 1.165) is 45.0 Å². The highest BCUT2D eigenvalue weighted by atomic mass is 35.5. The average molecular weight is 379 g/mol. The highest BCUT2D eigenvalue weighted by Crippen LogP contribution is 2.34. The minimum Gasteiger partial charge on any atom is -0.361 e. The number of fused-ring (bicyclic) bond motifs is 2. The summed E-state index contributed by atoms with van der Waals surface area (Å²) in [5.41, 5.74) is 6.86. The van der Waals surface area contributed by atoms with Gasteiger partial charge in [-0.05, 0) is 60.4 Å². The van der Waals surface area contributed by atoms with Crippen LogP contribution in [0.1, 0.15) is 35.1 Å². The first-order chi connectivity index (χ1) is 12.9. The van der Waals surface area contributed by atoms with Crippen LogP contribution in [-0.4, -0.2) is 11.1 Å². The van der Waals surface area contributed by atoms with Crippen molar-refractivity contribution in [2.24, 2.45) is 0 Å². The molecule has 4 nitrogen and oxygen atoms in total. The summed E-state index contributed by atoms with van der Waals surface area (Å²) in [4.78, 5) is 14.1. The molecule has 1 aliphatic heterocycles. The van der Waals surface area contributed by atoms with Crippen molar-refractivity contribution in [1.29, 1.82) is 0 Å². The molecule has 0 N–H and O–H groups in total. The van der Waals surface area contributed by atoms with E-state index in [1.807, 2.05) is 38.1 Å². The second-order valence-corrected chi connectivity index (χ2v) is 7.19. The molecule has 0 aliphatic carbocycles. The van der Waals surface area contributed by atoms with Crippen molar-refractivity contribution >= 4 is 35.3 Å². The van der Waals surface area contributed by atoms with Gasteiger partial charge in [0, 0.05) is 17.5 Å². The SMILES string of the molecule is CC(=O)N1Cc2ccc(-c3c(C)noc3C)cc2C=Cc2cc(Cl)ccc21. The predicted octanol–water partition coefficient (Wildman–Crippen LogP) is 5.65. The fourth-order valence-electron chi connectivity index (χ4n) is 3.57. The summed E-state index contributed by atoms with van der Waals surface area (Å²) >= 11 is 6.17. The van der Waals surface area contributed by atoms with Gasteiger partial charge in [0.05, 0.1) is 17.9 Å². The summed E-state index contributed by atoms with van der Waals surface area (Å²) in [5, 5.41) is 4.70. The van der Waals surface area contributed by atoms with Crippen LogP contribution in [0.15, 0.2) is 40.9 Å². The monoisotopic (exact) mass is 378 g/mol. The van der Waals surface area contributed by atoms with E-state index >= 15 is 0 Å². The van der Waals surface area contributed by atoms with Crippen molar-refractivity contribution in [3.8, 4) is 11.1 Å². The van der Waals surface area contributed by atoms with Crippen LogP contribution >= 0.6 is 11.6 Å². The number of halogens is 1. The number of rotatable bonds is 1. The number of benzene rings is 2. The first-order valence-electron chi connectivity index (χ1n) is 8.76. The van der Waals surface area contributed by atoms with Gasteiger partial charge in [-0.3, -0.25) is 4.79 Å². The third-order valence-corrected chi connectivity index (χ3v) is 5.13. The van der Waals surface area contributed by atoms with Crippen molar-refractivity contribution < 1.29 is 9.32 Å². The molecule has 1 aromatic heterocycles. The molecule has 1 aliphatic rings. The highest BCUT2D eigenvalue weighted by Gasteiger charge is 2.20. The molecule has 2 heterocycles. The zero-order valence-corrected chi connectivity index (χ0v) is 16.2. The Morgan fingerprint density at radius 2 is 1.89 bits per heavy atom. The molecule has 0 atom stereocenters. The Morgan fingerprint density at radius 1 is 1.11 bits per heavy atom. The Bertz CT molecular complexity index is 1060. The second kappa shape index (κ2) is 6.71. The summed E-state index contributed by atoms with van der Waals surface area (Å²) in [6.07, 6.45) is 4.08. The van der Waals surface area contributed by atoms with E-state index in [9.17, 15) is 4.79 Å². The van der Waals surface area contributed by atoms with Crippen molar-refractivity contribution in [2.75, 3.05) is 4.90 Å². The molecule has 0 saturated carbocycles. The maximum atomic E-state index is 12.3. The predicted molar refractivity (Wildman–Crippen MR) is 109 cm³/mol. The smallest absolute Gasteiger partial charge is 0.224 e. The van der Waals surface area contributed by atoms with E-state index in [1.165, 1.54) is 0 Å². The lowest BCUT2D eigenvalue weighted by atomic mass is 9.95. The van der Waals surface area contributed by atoms with Crippen LogP contribution in [0.5, 0.6) is 0 Å². The van der Waals surface area contributed by atoms with E-state index in [1.54, 1.807) is 11.8 Å². The molecular weight excluding hydrogens is 360 g/mol. The van der Waals surface area contributed by atoms with Gasteiger partial charge in [-0.15, -0.1) is 0 Å². The van der Waals surface area contributed by atoms with Crippen LogP contribution in [0.25, 0.3) is 23.3 Å². The first kappa shape index (κ1) is 17.6. The van der Waals surface area contributed by atoms with Crippen LogP contribution in [0.2, 0.25) is 5.02 Å². The Kier molecular flexibility index (Phi) is 4.36. The molecule has 0 unspecified atom stereocenters. The molecule has 2 aromatic carbocycles. The molecule has 0 radical (unpaired) electrons. The van der Waals surface area contributed by atoms with Crippen molar-refractivity contribution in [3.63, 3.8) is 0 Å². The van der Waals surface area contributed by atoms with Crippen LogP contribution in [0.4, 0.5) is 5.69 Å². The van der Waals surface area contributed by atoms with E-state index in [2.05, 4.69) is 29.4 Å². The zero-order valence-electron chi connectivity index (χ0n) is 15.4. The normalized spacial score (nSPS) is 13.0. The van der Waals surface area contributed by atoms with Gasteiger partial charge in [0.1, 0.15) is 5.76 Å². The molecule has 0 saturated heterocycles. The highest BCUT2D eigenvalue weighted by molar-refractivity contribution is 6.30. The summed E-state index contributed by atoms with van der Waals surface area (Å²) in [5.74, 6) is 0.791. The van der Waals surface area contributed by atoms with Gasteiger partial charge in [0.25, 0.3) is 0 Å². The molecule has 136 valence electrons. The lowest BCUT2D eigenvalue weighted by molar-refractivity contribution is -0.116. The number of hydrogen-bond acceptors (Lipinski definition) is 3. The minimum absolute atomic E-state index is 0.00498. The molecule has 4 rings (SSSR count). The van der Waals surface area contributed by atoms with Gasteiger partial charge in [0.15, 0.2) is 0 Å². The standard InChI is InChI=1S/C22H19ClN2O2/c1-13-22(14(2)27-24-13)18-6-7-19-12-25(15(3)26)21-9-8-20(23)11-17(21)5-4-16(19)10-18/h4-11H,12H2,1-3H3. The molecule has 5 heteroatoms. The Morgan fingerprint density at radius 3 is 2.59 bits per heavy atom. The van der Waals surface area contributed by atoms with Crippen LogP contribution < -0.4 is 4.90 Å². The Hall–Kier alpha value is -2.85. The molecule has 0 spiro atoms. The quantitative estimate of drug-likeness (QED) is 0.549. The first-order valence-corrected chi connectivity index (χ1v) is 9.14. The third-order valence-electron chi connectivity index (χ3n) is 4.90.